The fraction of sp³-hybridized carbons (Fsp3) is 0.391. The average molecular weight is 412 g/mol. The second kappa shape index (κ2) is 8.83. The summed E-state index contributed by atoms with van der Waals surface area (Å²) in [6.45, 7) is 4.14. The Labute approximate surface area is 175 Å². The number of ether oxygens (including phenoxy) is 2. The van der Waals surface area contributed by atoms with Gasteiger partial charge in [0.05, 0.1) is 6.04 Å². The largest absolute Gasteiger partial charge is 0.486 e. The van der Waals surface area contributed by atoms with Gasteiger partial charge in [-0.3, -0.25) is 14.5 Å². The Morgan fingerprint density at radius 1 is 1.07 bits per heavy atom. The van der Waals surface area contributed by atoms with Crippen molar-refractivity contribution in [1.29, 1.82) is 0 Å². The molecule has 30 heavy (non-hydrogen) atoms. The summed E-state index contributed by atoms with van der Waals surface area (Å²) in [5.74, 6) is 0.736. The number of halogens is 1. The Kier molecular flexibility index (Phi) is 5.99. The maximum Gasteiger partial charge on any atom is 0.241 e. The minimum atomic E-state index is -0.390. The van der Waals surface area contributed by atoms with E-state index in [-0.39, 0.29) is 29.5 Å². The molecule has 0 saturated carbocycles. The molecule has 7 heteroatoms. The Hall–Kier alpha value is -2.93. The molecule has 1 atom stereocenters. The van der Waals surface area contributed by atoms with Crippen LogP contribution in [0.4, 0.5) is 10.1 Å². The van der Waals surface area contributed by atoms with E-state index < -0.39 is 0 Å². The monoisotopic (exact) mass is 412 g/mol. The van der Waals surface area contributed by atoms with Crippen molar-refractivity contribution >= 4 is 17.4 Å². The molecule has 0 spiro atoms. The average Bonchev–Trinajstić information content (AvgIpc) is 2.78. The Bertz CT molecular complexity index is 941. The number of nitrogens with zero attached hydrogens (tertiary/aromatic N) is 1. The molecular formula is C23H25FN2O4. The number of likely N-dealkylation sites (tertiary alicyclic amines) is 1. The fourth-order valence-corrected chi connectivity index (χ4v) is 3.96. The van der Waals surface area contributed by atoms with E-state index in [2.05, 4.69) is 10.2 Å². The lowest BCUT2D eigenvalue weighted by molar-refractivity contribution is -0.121. The number of anilines is 1. The molecule has 2 aromatic rings. The number of benzene rings is 2. The van der Waals surface area contributed by atoms with E-state index in [1.54, 1.807) is 30.3 Å². The molecule has 1 N–H and O–H groups in total. The van der Waals surface area contributed by atoms with Crippen molar-refractivity contribution in [2.75, 3.05) is 31.6 Å². The molecule has 2 heterocycles. The summed E-state index contributed by atoms with van der Waals surface area (Å²) < 4.78 is 24.4. The molecule has 158 valence electrons. The highest BCUT2D eigenvalue weighted by atomic mass is 19.1. The van der Waals surface area contributed by atoms with Crippen LogP contribution in [-0.2, 0) is 4.79 Å². The molecule has 1 saturated heterocycles. The lowest BCUT2D eigenvalue weighted by atomic mass is 9.88. The van der Waals surface area contributed by atoms with Crippen LogP contribution in [0.15, 0.2) is 42.5 Å². The van der Waals surface area contributed by atoms with Gasteiger partial charge in [0.1, 0.15) is 19.0 Å². The van der Waals surface area contributed by atoms with Gasteiger partial charge in [-0.15, -0.1) is 0 Å². The molecule has 1 fully saturated rings. The standard InChI is InChI=1S/C23H25FN2O4/c1-15(23(28)25-19-4-2-3-18(24)14-19)26-9-7-16(8-10-26)22(27)17-5-6-20-21(13-17)30-12-11-29-20/h2-6,13-16H,7-12H2,1H3,(H,25,28). The number of fused-ring (bicyclic) bond motifs is 1. The molecule has 2 aliphatic rings. The van der Waals surface area contributed by atoms with Crippen LogP contribution >= 0.6 is 0 Å². The summed E-state index contributed by atoms with van der Waals surface area (Å²) in [6.07, 6.45) is 1.37. The van der Waals surface area contributed by atoms with Gasteiger partial charge in [0.25, 0.3) is 0 Å². The molecular weight excluding hydrogens is 387 g/mol. The molecule has 6 nitrogen and oxygen atoms in total. The van der Waals surface area contributed by atoms with Crippen LogP contribution in [0.1, 0.15) is 30.1 Å². The number of carbonyl (C=O) groups is 2. The van der Waals surface area contributed by atoms with Crippen molar-refractivity contribution in [2.45, 2.75) is 25.8 Å². The summed E-state index contributed by atoms with van der Waals surface area (Å²) in [7, 11) is 0. The smallest absolute Gasteiger partial charge is 0.241 e. The van der Waals surface area contributed by atoms with Gasteiger partial charge in [0.2, 0.25) is 5.91 Å². The van der Waals surface area contributed by atoms with Crippen molar-refractivity contribution in [2.24, 2.45) is 5.92 Å². The van der Waals surface area contributed by atoms with E-state index in [9.17, 15) is 14.0 Å². The molecule has 0 aromatic heterocycles. The quantitative estimate of drug-likeness (QED) is 0.761. The highest BCUT2D eigenvalue weighted by Gasteiger charge is 2.30. The lowest BCUT2D eigenvalue weighted by Crippen LogP contribution is -2.47. The number of Topliss-reactive ketones (excluding diaryl/α,β-unsaturated/α-hetero) is 1. The number of amides is 1. The molecule has 4 rings (SSSR count). The third kappa shape index (κ3) is 4.46. The van der Waals surface area contributed by atoms with Gasteiger partial charge in [-0.05, 0) is 69.3 Å². The van der Waals surface area contributed by atoms with Gasteiger partial charge in [0, 0.05) is 17.2 Å². The number of rotatable bonds is 5. The lowest BCUT2D eigenvalue weighted by Gasteiger charge is -2.34. The Balaban J connectivity index is 1.33. The predicted molar refractivity (Wildman–Crippen MR) is 111 cm³/mol. The van der Waals surface area contributed by atoms with Gasteiger partial charge in [-0.1, -0.05) is 6.07 Å². The van der Waals surface area contributed by atoms with Gasteiger partial charge in [-0.25, -0.2) is 4.39 Å². The number of hydrogen-bond donors (Lipinski definition) is 1. The van der Waals surface area contributed by atoms with E-state index >= 15 is 0 Å². The minimum Gasteiger partial charge on any atom is -0.486 e. The van der Waals surface area contributed by atoms with Crippen LogP contribution in [0.5, 0.6) is 11.5 Å². The van der Waals surface area contributed by atoms with Crippen LogP contribution in [-0.4, -0.2) is 48.9 Å². The first-order valence-electron chi connectivity index (χ1n) is 10.3. The highest BCUT2D eigenvalue weighted by Crippen LogP contribution is 2.32. The fourth-order valence-electron chi connectivity index (χ4n) is 3.96. The third-order valence-electron chi connectivity index (χ3n) is 5.75. The zero-order valence-corrected chi connectivity index (χ0v) is 16.9. The second-order valence-electron chi connectivity index (χ2n) is 7.71. The van der Waals surface area contributed by atoms with Gasteiger partial charge in [-0.2, -0.15) is 0 Å². The van der Waals surface area contributed by atoms with Crippen molar-refractivity contribution in [3.05, 3.63) is 53.8 Å². The number of carbonyl (C=O) groups excluding carboxylic acids is 2. The maximum atomic E-state index is 13.3. The van der Waals surface area contributed by atoms with Crippen LogP contribution in [0.25, 0.3) is 0 Å². The Morgan fingerprint density at radius 2 is 1.80 bits per heavy atom. The summed E-state index contributed by atoms with van der Waals surface area (Å²) in [5.41, 5.74) is 1.07. The normalized spacial score (nSPS) is 17.9. The molecule has 0 radical (unpaired) electrons. The molecule has 0 bridgehead atoms. The van der Waals surface area contributed by atoms with Crippen LogP contribution in [0.3, 0.4) is 0 Å². The summed E-state index contributed by atoms with van der Waals surface area (Å²) >= 11 is 0. The van der Waals surface area contributed by atoms with Crippen LogP contribution in [0.2, 0.25) is 0 Å². The first-order valence-corrected chi connectivity index (χ1v) is 10.3. The van der Waals surface area contributed by atoms with Gasteiger partial charge in [0.15, 0.2) is 17.3 Å². The molecule has 1 amide bonds. The zero-order valence-electron chi connectivity index (χ0n) is 16.9. The van der Waals surface area contributed by atoms with E-state index in [0.717, 1.165) is 0 Å². The first-order chi connectivity index (χ1) is 14.5. The number of ketones is 1. The third-order valence-corrected chi connectivity index (χ3v) is 5.75. The van der Waals surface area contributed by atoms with Gasteiger partial charge < -0.3 is 14.8 Å². The summed E-state index contributed by atoms with van der Waals surface area (Å²) in [6, 6.07) is 10.8. The number of piperidine rings is 1. The van der Waals surface area contributed by atoms with E-state index in [1.165, 1.54) is 12.1 Å². The summed E-state index contributed by atoms with van der Waals surface area (Å²) in [5, 5.41) is 2.76. The minimum absolute atomic E-state index is 0.0812. The SMILES string of the molecule is CC(C(=O)Nc1cccc(F)c1)N1CCC(C(=O)c2ccc3c(c2)OCCO3)CC1. The van der Waals surface area contributed by atoms with Crippen LogP contribution in [0, 0.1) is 11.7 Å². The molecule has 2 aromatic carbocycles. The number of nitrogens with one attached hydrogen (secondary N) is 1. The van der Waals surface area contributed by atoms with Crippen molar-refractivity contribution in [3.8, 4) is 11.5 Å². The molecule has 1 unspecified atom stereocenters. The molecule has 0 aliphatic carbocycles. The predicted octanol–water partition coefficient (Wildman–Crippen LogP) is 3.52. The van der Waals surface area contributed by atoms with Crippen LogP contribution < -0.4 is 14.8 Å². The van der Waals surface area contributed by atoms with Crippen molar-refractivity contribution < 1.29 is 23.5 Å². The van der Waals surface area contributed by atoms with Gasteiger partial charge >= 0.3 is 0 Å². The second-order valence-corrected chi connectivity index (χ2v) is 7.71. The molecule has 2 aliphatic heterocycles. The summed E-state index contributed by atoms with van der Waals surface area (Å²) in [4.78, 5) is 27.5. The topological polar surface area (TPSA) is 67.9 Å². The zero-order chi connectivity index (χ0) is 21.1. The van der Waals surface area contributed by atoms with E-state index in [1.807, 2.05) is 6.92 Å². The first kappa shape index (κ1) is 20.3. The van der Waals surface area contributed by atoms with E-state index in [4.69, 9.17) is 9.47 Å². The maximum absolute atomic E-state index is 13.3. The van der Waals surface area contributed by atoms with Crippen molar-refractivity contribution in [3.63, 3.8) is 0 Å². The number of hydrogen-bond acceptors (Lipinski definition) is 5. The van der Waals surface area contributed by atoms with Crippen molar-refractivity contribution in [1.82, 2.24) is 4.90 Å². The van der Waals surface area contributed by atoms with E-state index in [0.29, 0.717) is 61.9 Å². The Morgan fingerprint density at radius 3 is 2.53 bits per heavy atom. The highest BCUT2D eigenvalue weighted by molar-refractivity contribution is 5.98.